The Kier molecular flexibility index (Phi) is 3.99. The van der Waals surface area contributed by atoms with Crippen molar-refractivity contribution in [1.29, 1.82) is 0 Å². The normalized spacial score (nSPS) is 23.6. The van der Waals surface area contributed by atoms with Crippen LogP contribution in [0.15, 0.2) is 18.2 Å². The third-order valence-electron chi connectivity index (χ3n) is 2.95. The van der Waals surface area contributed by atoms with Gasteiger partial charge in [-0.1, -0.05) is 29.3 Å². The summed E-state index contributed by atoms with van der Waals surface area (Å²) in [5.74, 6) is 0. The molecule has 2 nitrogen and oxygen atoms in total. The van der Waals surface area contributed by atoms with Crippen LogP contribution in [-0.4, -0.2) is 24.8 Å². The number of ether oxygens (including phenoxy) is 1. The Balaban J connectivity index is 1.98. The van der Waals surface area contributed by atoms with E-state index in [4.69, 9.17) is 27.9 Å². The maximum atomic E-state index is 6.14. The molecule has 0 aromatic heterocycles. The van der Waals surface area contributed by atoms with Crippen molar-refractivity contribution in [2.45, 2.75) is 31.9 Å². The summed E-state index contributed by atoms with van der Waals surface area (Å²) < 4.78 is 5.83. The molecule has 2 rings (SSSR count). The topological polar surface area (TPSA) is 21.3 Å². The summed E-state index contributed by atoms with van der Waals surface area (Å²) in [5.41, 5.74) is 1.16. The minimum atomic E-state index is 0.0697. The van der Waals surface area contributed by atoms with Crippen LogP contribution in [0.2, 0.25) is 10.0 Å². The van der Waals surface area contributed by atoms with Gasteiger partial charge in [-0.2, -0.15) is 0 Å². The van der Waals surface area contributed by atoms with Gasteiger partial charge >= 0.3 is 0 Å². The Bertz CT molecular complexity index is 396. The fourth-order valence-corrected chi connectivity index (χ4v) is 2.38. The zero-order valence-electron chi connectivity index (χ0n) is 10.1. The number of benzene rings is 1. The molecule has 1 unspecified atom stereocenters. The van der Waals surface area contributed by atoms with E-state index >= 15 is 0 Å². The third kappa shape index (κ3) is 3.59. The number of rotatable bonds is 2. The molecule has 1 N–H and O–H groups in total. The van der Waals surface area contributed by atoms with Gasteiger partial charge in [0.1, 0.15) is 0 Å². The van der Waals surface area contributed by atoms with Crippen LogP contribution in [0.25, 0.3) is 0 Å². The smallest absolute Gasteiger partial charge is 0.0741 e. The van der Waals surface area contributed by atoms with Gasteiger partial charge in [0.25, 0.3) is 0 Å². The number of hydrogen-bond donors (Lipinski definition) is 1. The van der Waals surface area contributed by atoms with E-state index in [1.807, 2.05) is 12.1 Å². The molecule has 17 heavy (non-hydrogen) atoms. The largest absolute Gasteiger partial charge is 0.375 e. The molecule has 0 saturated carbocycles. The van der Waals surface area contributed by atoms with Gasteiger partial charge in [-0.3, -0.25) is 0 Å². The van der Waals surface area contributed by atoms with Crippen molar-refractivity contribution in [1.82, 2.24) is 5.32 Å². The zero-order chi connectivity index (χ0) is 12.5. The Morgan fingerprint density at radius 1 is 1.41 bits per heavy atom. The van der Waals surface area contributed by atoms with Gasteiger partial charge in [-0.25, -0.2) is 0 Å². The Hall–Kier alpha value is -0.280. The van der Waals surface area contributed by atoms with Crippen molar-refractivity contribution in [2.75, 3.05) is 13.2 Å². The molecular formula is C13H17Cl2NO. The molecule has 0 aliphatic carbocycles. The van der Waals surface area contributed by atoms with Crippen molar-refractivity contribution < 1.29 is 4.74 Å². The minimum absolute atomic E-state index is 0.0697. The van der Waals surface area contributed by atoms with Gasteiger partial charge in [-0.05, 0) is 31.5 Å². The first-order valence-electron chi connectivity index (χ1n) is 5.77. The molecule has 94 valence electrons. The van der Waals surface area contributed by atoms with Crippen LogP contribution in [-0.2, 0) is 11.2 Å². The molecule has 1 aliphatic rings. The molecule has 1 heterocycles. The summed E-state index contributed by atoms with van der Waals surface area (Å²) in [6.45, 7) is 5.85. The summed E-state index contributed by atoms with van der Waals surface area (Å²) in [6.07, 6.45) is 1.00. The highest BCUT2D eigenvalue weighted by Crippen LogP contribution is 2.23. The Morgan fingerprint density at radius 3 is 2.76 bits per heavy atom. The van der Waals surface area contributed by atoms with Crippen molar-refractivity contribution in [3.05, 3.63) is 33.8 Å². The molecule has 4 heteroatoms. The van der Waals surface area contributed by atoms with E-state index in [2.05, 4.69) is 19.2 Å². The van der Waals surface area contributed by atoms with Crippen molar-refractivity contribution in [2.24, 2.45) is 0 Å². The first-order chi connectivity index (χ1) is 7.96. The molecule has 1 aromatic rings. The molecule has 0 amide bonds. The zero-order valence-corrected chi connectivity index (χ0v) is 11.6. The van der Waals surface area contributed by atoms with Gasteiger partial charge < -0.3 is 10.1 Å². The van der Waals surface area contributed by atoms with E-state index in [0.717, 1.165) is 25.1 Å². The van der Waals surface area contributed by atoms with E-state index in [1.54, 1.807) is 6.07 Å². The van der Waals surface area contributed by atoms with Crippen LogP contribution in [0.3, 0.4) is 0 Å². The first kappa shape index (κ1) is 13.2. The SMILES string of the molecule is CC1(C)COC(Cc2ccc(Cl)cc2Cl)CN1. The molecule has 1 aromatic carbocycles. The maximum absolute atomic E-state index is 6.14. The summed E-state index contributed by atoms with van der Waals surface area (Å²) in [4.78, 5) is 0. The highest BCUT2D eigenvalue weighted by atomic mass is 35.5. The van der Waals surface area contributed by atoms with Crippen LogP contribution in [0.4, 0.5) is 0 Å². The fraction of sp³-hybridized carbons (Fsp3) is 0.538. The molecule has 1 fully saturated rings. The van der Waals surface area contributed by atoms with Crippen LogP contribution in [0, 0.1) is 0 Å². The van der Waals surface area contributed by atoms with E-state index in [9.17, 15) is 0 Å². The van der Waals surface area contributed by atoms with E-state index in [0.29, 0.717) is 10.0 Å². The van der Waals surface area contributed by atoms with Crippen LogP contribution in [0.5, 0.6) is 0 Å². The van der Waals surface area contributed by atoms with E-state index in [-0.39, 0.29) is 11.6 Å². The van der Waals surface area contributed by atoms with Gasteiger partial charge in [0.05, 0.1) is 12.7 Å². The van der Waals surface area contributed by atoms with Crippen molar-refractivity contribution in [3.8, 4) is 0 Å². The van der Waals surface area contributed by atoms with Crippen molar-refractivity contribution in [3.63, 3.8) is 0 Å². The second-order valence-electron chi connectivity index (χ2n) is 5.14. The maximum Gasteiger partial charge on any atom is 0.0741 e. The predicted molar refractivity (Wildman–Crippen MR) is 72.0 cm³/mol. The Labute approximate surface area is 112 Å². The predicted octanol–water partition coefficient (Wildman–Crippen LogP) is 3.30. The van der Waals surface area contributed by atoms with Gasteiger partial charge in [0, 0.05) is 28.5 Å². The molecule has 1 atom stereocenters. The average molecular weight is 274 g/mol. The van der Waals surface area contributed by atoms with Crippen molar-refractivity contribution >= 4 is 23.2 Å². The quantitative estimate of drug-likeness (QED) is 0.893. The molecule has 1 saturated heterocycles. The fourth-order valence-electron chi connectivity index (χ4n) is 1.89. The lowest BCUT2D eigenvalue weighted by Gasteiger charge is -2.36. The standard InChI is InChI=1S/C13H17Cl2NO/c1-13(2)8-17-11(7-16-13)5-9-3-4-10(14)6-12(9)15/h3-4,6,11,16H,5,7-8H2,1-2H3. The number of hydrogen-bond acceptors (Lipinski definition) is 2. The second kappa shape index (κ2) is 5.15. The monoisotopic (exact) mass is 273 g/mol. The van der Waals surface area contributed by atoms with Gasteiger partial charge in [0.15, 0.2) is 0 Å². The average Bonchev–Trinajstić information content (AvgIpc) is 2.25. The molecule has 1 aliphatic heterocycles. The molecule has 0 spiro atoms. The minimum Gasteiger partial charge on any atom is -0.375 e. The highest BCUT2D eigenvalue weighted by Gasteiger charge is 2.27. The summed E-state index contributed by atoms with van der Waals surface area (Å²) in [5, 5.41) is 4.85. The highest BCUT2D eigenvalue weighted by molar-refractivity contribution is 6.35. The van der Waals surface area contributed by atoms with Crippen LogP contribution >= 0.6 is 23.2 Å². The number of halogens is 2. The lowest BCUT2D eigenvalue weighted by atomic mass is 10.0. The summed E-state index contributed by atoms with van der Waals surface area (Å²) >= 11 is 12.0. The third-order valence-corrected chi connectivity index (χ3v) is 3.54. The van der Waals surface area contributed by atoms with Crippen LogP contribution in [0.1, 0.15) is 19.4 Å². The van der Waals surface area contributed by atoms with Gasteiger partial charge in [0.2, 0.25) is 0 Å². The Morgan fingerprint density at radius 2 is 2.18 bits per heavy atom. The second-order valence-corrected chi connectivity index (χ2v) is 5.98. The number of morpholine rings is 1. The van der Waals surface area contributed by atoms with E-state index in [1.165, 1.54) is 0 Å². The molecule has 0 bridgehead atoms. The lowest BCUT2D eigenvalue weighted by molar-refractivity contribution is -0.0206. The van der Waals surface area contributed by atoms with Crippen LogP contribution < -0.4 is 5.32 Å². The molecule has 0 radical (unpaired) electrons. The lowest BCUT2D eigenvalue weighted by Crippen LogP contribution is -2.53. The summed E-state index contributed by atoms with van der Waals surface area (Å²) in [7, 11) is 0. The number of nitrogens with one attached hydrogen (secondary N) is 1. The summed E-state index contributed by atoms with van der Waals surface area (Å²) in [6, 6.07) is 5.61. The molecular weight excluding hydrogens is 257 g/mol. The first-order valence-corrected chi connectivity index (χ1v) is 6.52. The van der Waals surface area contributed by atoms with Gasteiger partial charge in [-0.15, -0.1) is 0 Å². The van der Waals surface area contributed by atoms with E-state index < -0.39 is 0 Å².